The average molecular weight is 167 g/mol. The fraction of sp³-hybridized carbons (Fsp3) is 0.667. The molecule has 12 heavy (non-hydrogen) atoms. The van der Waals surface area contributed by atoms with E-state index in [9.17, 15) is 0 Å². The van der Waals surface area contributed by atoms with Crippen LogP contribution >= 0.6 is 0 Å². The molecule has 0 bridgehead atoms. The summed E-state index contributed by atoms with van der Waals surface area (Å²) in [7, 11) is 0. The molecule has 0 aromatic heterocycles. The summed E-state index contributed by atoms with van der Waals surface area (Å²) in [5.74, 6) is 2.79. The average Bonchev–Trinajstić information content (AvgIpc) is 1.83. The van der Waals surface area contributed by atoms with E-state index in [1.54, 1.807) is 0 Å². The summed E-state index contributed by atoms with van der Waals surface area (Å²) in [6.45, 7) is 6.52. The van der Waals surface area contributed by atoms with E-state index in [1.165, 1.54) is 0 Å². The Morgan fingerprint density at radius 2 is 2.08 bits per heavy atom. The lowest BCUT2D eigenvalue weighted by molar-refractivity contribution is 0.384. The number of rotatable bonds is 1. The van der Waals surface area contributed by atoms with Gasteiger partial charge in [-0.1, -0.05) is 26.7 Å². The van der Waals surface area contributed by atoms with Gasteiger partial charge in [0.1, 0.15) is 0 Å². The van der Waals surface area contributed by atoms with E-state index in [4.69, 9.17) is 11.1 Å². The van der Waals surface area contributed by atoms with Crippen molar-refractivity contribution in [1.29, 1.82) is 5.41 Å². The summed E-state index contributed by atoms with van der Waals surface area (Å²) >= 11 is 0. The summed E-state index contributed by atoms with van der Waals surface area (Å²) in [6, 6.07) is 2.61. The minimum atomic E-state index is -0.0988. The predicted molar refractivity (Wildman–Crippen MR) is 51.5 cm³/mol. The van der Waals surface area contributed by atoms with Crippen LogP contribution in [0, 0.1) is 22.8 Å². The standard InChI is InChI=1S/C9H17N3/c1-9(2,3)6-4-5-7-12-8(10)11/h4,6H2,1-3H3,(H4,10,11,12). The van der Waals surface area contributed by atoms with Crippen LogP contribution in [0.4, 0.5) is 0 Å². The van der Waals surface area contributed by atoms with Gasteiger partial charge in [-0.2, -0.15) is 0 Å². The van der Waals surface area contributed by atoms with Crippen molar-refractivity contribution in [2.24, 2.45) is 11.1 Å². The molecule has 3 heteroatoms. The molecule has 0 saturated heterocycles. The summed E-state index contributed by atoms with van der Waals surface area (Å²) in [5.41, 5.74) is 5.35. The molecule has 3 nitrogen and oxygen atoms in total. The fourth-order valence-electron chi connectivity index (χ4n) is 0.612. The highest BCUT2D eigenvalue weighted by Crippen LogP contribution is 2.19. The Bertz CT molecular complexity index is 202. The second-order valence-electron chi connectivity index (χ2n) is 3.90. The van der Waals surface area contributed by atoms with E-state index in [0.29, 0.717) is 5.41 Å². The Morgan fingerprint density at radius 1 is 1.50 bits per heavy atom. The molecule has 0 aliphatic carbocycles. The lowest BCUT2D eigenvalue weighted by Gasteiger charge is -2.15. The van der Waals surface area contributed by atoms with Crippen LogP contribution in [0.2, 0.25) is 0 Å². The van der Waals surface area contributed by atoms with Crippen LogP contribution in [0.15, 0.2) is 0 Å². The molecule has 4 N–H and O–H groups in total. The van der Waals surface area contributed by atoms with Crippen LogP contribution < -0.4 is 11.1 Å². The van der Waals surface area contributed by atoms with Crippen LogP contribution in [-0.4, -0.2) is 5.96 Å². The van der Waals surface area contributed by atoms with Crippen molar-refractivity contribution < 1.29 is 0 Å². The van der Waals surface area contributed by atoms with Gasteiger partial charge < -0.3 is 5.73 Å². The first-order chi connectivity index (χ1) is 5.42. The number of nitrogens with one attached hydrogen (secondary N) is 2. The third-order valence-corrected chi connectivity index (χ3v) is 1.29. The molecule has 0 aromatic carbocycles. The topological polar surface area (TPSA) is 61.9 Å². The fourth-order valence-corrected chi connectivity index (χ4v) is 0.612. The SMILES string of the molecule is CC(C)(C)CCC#CNC(=N)N. The molecule has 0 fully saturated rings. The molecular formula is C9H17N3. The Hall–Kier alpha value is -1.17. The molecule has 0 radical (unpaired) electrons. The molecule has 0 heterocycles. The van der Waals surface area contributed by atoms with Gasteiger partial charge in [-0.3, -0.25) is 10.7 Å². The molecular weight excluding hydrogens is 150 g/mol. The minimum absolute atomic E-state index is 0.0988. The molecule has 68 valence electrons. The smallest absolute Gasteiger partial charge is 0.197 e. The van der Waals surface area contributed by atoms with Gasteiger partial charge in [0.05, 0.1) is 0 Å². The first-order valence-corrected chi connectivity index (χ1v) is 4.00. The minimum Gasteiger partial charge on any atom is -0.369 e. The monoisotopic (exact) mass is 167 g/mol. The van der Waals surface area contributed by atoms with Crippen LogP contribution in [-0.2, 0) is 0 Å². The maximum absolute atomic E-state index is 6.82. The highest BCUT2D eigenvalue weighted by atomic mass is 15.0. The van der Waals surface area contributed by atoms with Crippen molar-refractivity contribution in [3.8, 4) is 12.0 Å². The molecule has 0 unspecified atom stereocenters. The van der Waals surface area contributed by atoms with Crippen molar-refractivity contribution in [1.82, 2.24) is 5.32 Å². The number of guanidine groups is 1. The molecule has 0 aromatic rings. The zero-order valence-corrected chi connectivity index (χ0v) is 7.99. The van der Waals surface area contributed by atoms with Gasteiger partial charge in [-0.25, -0.2) is 0 Å². The lowest BCUT2D eigenvalue weighted by atomic mass is 9.91. The molecule has 0 amide bonds. The van der Waals surface area contributed by atoms with Gasteiger partial charge in [0.25, 0.3) is 0 Å². The second-order valence-corrected chi connectivity index (χ2v) is 3.90. The molecule has 0 aliphatic heterocycles. The first-order valence-electron chi connectivity index (χ1n) is 4.00. The van der Waals surface area contributed by atoms with Gasteiger partial charge >= 0.3 is 0 Å². The van der Waals surface area contributed by atoms with Gasteiger partial charge in [0.2, 0.25) is 0 Å². The van der Waals surface area contributed by atoms with E-state index in [2.05, 4.69) is 38.1 Å². The van der Waals surface area contributed by atoms with Gasteiger partial charge in [-0.15, -0.1) is 0 Å². The number of nitrogens with two attached hydrogens (primary N) is 1. The number of hydrogen-bond acceptors (Lipinski definition) is 1. The van der Waals surface area contributed by atoms with Crippen molar-refractivity contribution in [2.75, 3.05) is 0 Å². The van der Waals surface area contributed by atoms with Crippen molar-refractivity contribution in [3.63, 3.8) is 0 Å². The predicted octanol–water partition coefficient (Wildman–Crippen LogP) is 1.26. The molecule has 0 saturated carbocycles. The van der Waals surface area contributed by atoms with Crippen LogP contribution in [0.25, 0.3) is 0 Å². The maximum atomic E-state index is 6.82. The lowest BCUT2D eigenvalue weighted by Crippen LogP contribution is -2.25. The van der Waals surface area contributed by atoms with Crippen LogP contribution in [0.1, 0.15) is 33.6 Å². The summed E-state index contributed by atoms with van der Waals surface area (Å²) in [5, 5.41) is 9.25. The van der Waals surface area contributed by atoms with E-state index in [1.807, 2.05) is 0 Å². The van der Waals surface area contributed by atoms with Crippen LogP contribution in [0.5, 0.6) is 0 Å². The summed E-state index contributed by atoms with van der Waals surface area (Å²) in [6.07, 6.45) is 1.89. The summed E-state index contributed by atoms with van der Waals surface area (Å²) < 4.78 is 0. The maximum Gasteiger partial charge on any atom is 0.197 e. The van der Waals surface area contributed by atoms with Crippen molar-refractivity contribution in [3.05, 3.63) is 0 Å². The summed E-state index contributed by atoms with van der Waals surface area (Å²) in [4.78, 5) is 0. The Kier molecular flexibility index (Phi) is 4.20. The van der Waals surface area contributed by atoms with E-state index >= 15 is 0 Å². The quantitative estimate of drug-likeness (QED) is 0.238. The largest absolute Gasteiger partial charge is 0.369 e. The molecule has 0 rings (SSSR count). The normalized spacial score (nSPS) is 9.92. The zero-order valence-electron chi connectivity index (χ0n) is 7.99. The van der Waals surface area contributed by atoms with Gasteiger partial charge in [-0.05, 0) is 11.8 Å². The van der Waals surface area contributed by atoms with Crippen molar-refractivity contribution >= 4 is 5.96 Å². The zero-order chi connectivity index (χ0) is 9.61. The first kappa shape index (κ1) is 10.8. The molecule has 0 atom stereocenters. The van der Waals surface area contributed by atoms with E-state index in [0.717, 1.165) is 12.8 Å². The van der Waals surface area contributed by atoms with Gasteiger partial charge in [0, 0.05) is 12.5 Å². The highest BCUT2D eigenvalue weighted by Gasteiger charge is 2.07. The second kappa shape index (κ2) is 4.66. The number of hydrogen-bond donors (Lipinski definition) is 3. The Morgan fingerprint density at radius 3 is 2.50 bits per heavy atom. The van der Waals surface area contributed by atoms with E-state index < -0.39 is 0 Å². The third kappa shape index (κ3) is 8.83. The Balaban J connectivity index is 3.53. The van der Waals surface area contributed by atoms with Crippen LogP contribution in [0.3, 0.4) is 0 Å². The highest BCUT2D eigenvalue weighted by molar-refractivity contribution is 5.76. The molecule has 0 aliphatic rings. The molecule has 0 spiro atoms. The third-order valence-electron chi connectivity index (χ3n) is 1.29. The van der Waals surface area contributed by atoms with E-state index in [-0.39, 0.29) is 5.96 Å². The van der Waals surface area contributed by atoms with Crippen molar-refractivity contribution in [2.45, 2.75) is 33.6 Å². The van der Waals surface area contributed by atoms with Gasteiger partial charge in [0.15, 0.2) is 5.96 Å². The Labute approximate surface area is 74.2 Å².